The van der Waals surface area contributed by atoms with Crippen LogP contribution in [0.4, 0.5) is 0 Å². The highest BCUT2D eigenvalue weighted by Crippen LogP contribution is 2.13. The van der Waals surface area contributed by atoms with Gasteiger partial charge in [0.15, 0.2) is 0 Å². The maximum atomic E-state index is 4.33. The minimum atomic E-state index is 0.961. The van der Waals surface area contributed by atoms with Gasteiger partial charge in [0.2, 0.25) is 0 Å². The van der Waals surface area contributed by atoms with Crippen molar-refractivity contribution < 1.29 is 0 Å². The zero-order chi connectivity index (χ0) is 7.84. The van der Waals surface area contributed by atoms with Crippen molar-refractivity contribution in [2.45, 2.75) is 13.8 Å². The maximum Gasteiger partial charge on any atom is 0.104 e. The Bertz CT molecular complexity index is 387. The number of nitrogens with zero attached hydrogens (tertiary/aromatic N) is 1. The van der Waals surface area contributed by atoms with Crippen LogP contribution in [-0.2, 0) is 0 Å². The number of aromatic amines is 1. The summed E-state index contributed by atoms with van der Waals surface area (Å²) in [6.45, 7) is 3.97. The van der Waals surface area contributed by atoms with E-state index in [0.29, 0.717) is 0 Å². The average molecular weight is 145 g/mol. The Balaban J connectivity index is 2.90. The van der Waals surface area contributed by atoms with Gasteiger partial charge in [-0.1, -0.05) is 6.07 Å². The van der Waals surface area contributed by atoms with Crippen molar-refractivity contribution in [1.29, 1.82) is 0 Å². The van der Waals surface area contributed by atoms with Crippen molar-refractivity contribution in [3.8, 4) is 0 Å². The molecule has 0 aliphatic rings. The number of benzene rings is 1. The lowest BCUT2D eigenvalue weighted by Crippen LogP contribution is -1.74. The van der Waals surface area contributed by atoms with Gasteiger partial charge in [-0.2, -0.15) is 0 Å². The molecule has 1 aromatic carbocycles. The standard InChI is InChI=1S/C9H9N2/c1-6-4-3-5-8-9(6)11-7(2)10-8/h3,5H,1-2H3,(H,10,11). The number of rotatable bonds is 0. The summed E-state index contributed by atoms with van der Waals surface area (Å²) < 4.78 is 0. The fraction of sp³-hybridized carbons (Fsp3) is 0.222. The van der Waals surface area contributed by atoms with Gasteiger partial charge in [0.1, 0.15) is 5.82 Å². The molecule has 0 unspecified atom stereocenters. The largest absolute Gasteiger partial charge is 0.342 e. The van der Waals surface area contributed by atoms with Gasteiger partial charge in [0.05, 0.1) is 11.0 Å². The molecule has 0 bridgehead atoms. The van der Waals surface area contributed by atoms with Crippen LogP contribution < -0.4 is 0 Å². The van der Waals surface area contributed by atoms with Gasteiger partial charge in [-0.15, -0.1) is 0 Å². The van der Waals surface area contributed by atoms with Crippen LogP contribution in [0.5, 0.6) is 0 Å². The van der Waals surface area contributed by atoms with Crippen LogP contribution in [0.15, 0.2) is 12.1 Å². The summed E-state index contributed by atoms with van der Waals surface area (Å²) in [6, 6.07) is 7.01. The number of aromatic nitrogens is 2. The number of aryl methyl sites for hydroxylation is 2. The molecule has 0 aliphatic heterocycles. The van der Waals surface area contributed by atoms with E-state index in [1.54, 1.807) is 0 Å². The molecule has 11 heavy (non-hydrogen) atoms. The first-order valence-corrected chi connectivity index (χ1v) is 3.61. The van der Waals surface area contributed by atoms with E-state index in [0.717, 1.165) is 22.4 Å². The van der Waals surface area contributed by atoms with E-state index in [2.05, 4.69) is 16.0 Å². The molecule has 2 aromatic rings. The molecule has 0 saturated carbocycles. The molecule has 0 atom stereocenters. The molecule has 1 heterocycles. The lowest BCUT2D eigenvalue weighted by Gasteiger charge is -1.89. The number of imidazole rings is 1. The molecule has 2 nitrogen and oxygen atoms in total. The molecule has 1 N–H and O–H groups in total. The van der Waals surface area contributed by atoms with Gasteiger partial charge >= 0.3 is 0 Å². The van der Waals surface area contributed by atoms with Crippen molar-refractivity contribution >= 4 is 11.0 Å². The highest BCUT2D eigenvalue weighted by atomic mass is 14.9. The third kappa shape index (κ3) is 0.909. The Morgan fingerprint density at radius 1 is 1.45 bits per heavy atom. The number of fused-ring (bicyclic) bond motifs is 1. The minimum absolute atomic E-state index is 0.961. The van der Waals surface area contributed by atoms with E-state index >= 15 is 0 Å². The first-order valence-electron chi connectivity index (χ1n) is 3.61. The molecule has 1 radical (unpaired) electrons. The molecular formula is C9H9N2. The number of hydrogen-bond donors (Lipinski definition) is 1. The molecule has 2 rings (SSSR count). The molecule has 0 aliphatic carbocycles. The fourth-order valence-corrected chi connectivity index (χ4v) is 1.23. The van der Waals surface area contributed by atoms with E-state index in [1.165, 1.54) is 0 Å². The average Bonchev–Trinajstić information content (AvgIpc) is 2.31. The van der Waals surface area contributed by atoms with Crippen LogP contribution in [0, 0.1) is 19.9 Å². The lowest BCUT2D eigenvalue weighted by molar-refractivity contribution is 1.17. The Kier molecular flexibility index (Phi) is 1.22. The van der Waals surface area contributed by atoms with E-state index in [1.807, 2.05) is 26.0 Å². The lowest BCUT2D eigenvalue weighted by atomic mass is 10.2. The van der Waals surface area contributed by atoms with Crippen molar-refractivity contribution in [1.82, 2.24) is 9.97 Å². The van der Waals surface area contributed by atoms with Crippen molar-refractivity contribution in [3.05, 3.63) is 29.6 Å². The van der Waals surface area contributed by atoms with E-state index in [-0.39, 0.29) is 0 Å². The molecule has 55 valence electrons. The van der Waals surface area contributed by atoms with Crippen LogP contribution in [0.1, 0.15) is 11.4 Å². The van der Waals surface area contributed by atoms with Crippen LogP contribution >= 0.6 is 0 Å². The Labute approximate surface area is 65.3 Å². The molecule has 2 heteroatoms. The highest BCUT2D eigenvalue weighted by Gasteiger charge is 1.99. The second kappa shape index (κ2) is 2.09. The van der Waals surface area contributed by atoms with Crippen LogP contribution in [0.3, 0.4) is 0 Å². The molecule has 0 saturated heterocycles. The molecule has 0 amide bonds. The number of hydrogen-bond acceptors (Lipinski definition) is 1. The third-order valence-electron chi connectivity index (χ3n) is 1.76. The van der Waals surface area contributed by atoms with Gasteiger partial charge in [-0.25, -0.2) is 4.98 Å². The van der Waals surface area contributed by atoms with Crippen molar-refractivity contribution in [2.75, 3.05) is 0 Å². The summed E-state index contributed by atoms with van der Waals surface area (Å²) in [6.07, 6.45) is 0. The third-order valence-corrected chi connectivity index (χ3v) is 1.76. The van der Waals surface area contributed by atoms with Crippen molar-refractivity contribution in [3.63, 3.8) is 0 Å². The quantitative estimate of drug-likeness (QED) is 0.603. The maximum absolute atomic E-state index is 4.33. The van der Waals surface area contributed by atoms with Crippen molar-refractivity contribution in [2.24, 2.45) is 0 Å². The molecule has 1 aromatic heterocycles. The van der Waals surface area contributed by atoms with Gasteiger partial charge < -0.3 is 4.98 Å². The number of H-pyrrole nitrogens is 1. The minimum Gasteiger partial charge on any atom is -0.342 e. The Morgan fingerprint density at radius 3 is 3.00 bits per heavy atom. The summed E-state index contributed by atoms with van der Waals surface area (Å²) >= 11 is 0. The predicted octanol–water partition coefficient (Wildman–Crippen LogP) is 1.98. The highest BCUT2D eigenvalue weighted by molar-refractivity contribution is 5.78. The smallest absolute Gasteiger partial charge is 0.104 e. The summed E-state index contributed by atoms with van der Waals surface area (Å²) in [5, 5.41) is 0. The predicted molar refractivity (Wildman–Crippen MR) is 44.4 cm³/mol. The van der Waals surface area contributed by atoms with Crippen LogP contribution in [0.2, 0.25) is 0 Å². The summed E-state index contributed by atoms with van der Waals surface area (Å²) in [5.74, 6) is 0.961. The Morgan fingerprint density at radius 2 is 2.27 bits per heavy atom. The van der Waals surface area contributed by atoms with E-state index < -0.39 is 0 Å². The van der Waals surface area contributed by atoms with E-state index in [4.69, 9.17) is 0 Å². The molecular weight excluding hydrogens is 136 g/mol. The monoisotopic (exact) mass is 145 g/mol. The van der Waals surface area contributed by atoms with Gasteiger partial charge in [0.25, 0.3) is 0 Å². The van der Waals surface area contributed by atoms with Crippen LogP contribution in [0.25, 0.3) is 11.0 Å². The topological polar surface area (TPSA) is 28.7 Å². The summed E-state index contributed by atoms with van der Waals surface area (Å²) in [5.41, 5.74) is 3.23. The zero-order valence-corrected chi connectivity index (χ0v) is 6.60. The van der Waals surface area contributed by atoms with Gasteiger partial charge in [-0.05, 0) is 31.5 Å². The van der Waals surface area contributed by atoms with E-state index in [9.17, 15) is 0 Å². The fourth-order valence-electron chi connectivity index (χ4n) is 1.23. The summed E-state index contributed by atoms with van der Waals surface area (Å²) in [7, 11) is 0. The zero-order valence-electron chi connectivity index (χ0n) is 6.60. The van der Waals surface area contributed by atoms with Crippen LogP contribution in [-0.4, -0.2) is 9.97 Å². The summed E-state index contributed by atoms with van der Waals surface area (Å²) in [4.78, 5) is 7.49. The van der Waals surface area contributed by atoms with Gasteiger partial charge in [0, 0.05) is 0 Å². The molecule has 0 fully saturated rings. The first-order chi connectivity index (χ1) is 5.27. The second-order valence-corrected chi connectivity index (χ2v) is 2.69. The second-order valence-electron chi connectivity index (χ2n) is 2.69. The first kappa shape index (κ1) is 6.40. The Hall–Kier alpha value is -1.31. The molecule has 0 spiro atoms. The normalized spacial score (nSPS) is 10.7. The number of nitrogens with one attached hydrogen (secondary N) is 1. The van der Waals surface area contributed by atoms with Gasteiger partial charge in [-0.3, -0.25) is 0 Å². The SMILES string of the molecule is Cc1nc2c(C)[c]ccc2[nH]1.